The van der Waals surface area contributed by atoms with Gasteiger partial charge in [0.15, 0.2) is 23.1 Å². The Labute approximate surface area is 158 Å². The van der Waals surface area contributed by atoms with Gasteiger partial charge in [0.2, 0.25) is 5.75 Å². The number of aromatic nitrogens is 1. The van der Waals surface area contributed by atoms with Gasteiger partial charge in [-0.1, -0.05) is 0 Å². The van der Waals surface area contributed by atoms with Crippen LogP contribution in [0, 0.1) is 6.92 Å². The molecule has 0 unspecified atom stereocenters. The average Bonchev–Trinajstić information content (AvgIpc) is 3.09. The van der Waals surface area contributed by atoms with E-state index in [9.17, 15) is 0 Å². The number of methoxy groups -OCH3 is 3. The van der Waals surface area contributed by atoms with Crippen LogP contribution >= 0.6 is 0 Å². The van der Waals surface area contributed by atoms with E-state index >= 15 is 0 Å². The third-order valence-corrected chi connectivity index (χ3v) is 4.10. The van der Waals surface area contributed by atoms with Crippen molar-refractivity contribution in [2.75, 3.05) is 27.9 Å². The number of aryl methyl sites for hydroxylation is 1. The van der Waals surface area contributed by atoms with Crippen LogP contribution in [-0.2, 0) is 0 Å². The molecule has 0 spiro atoms. The smallest absolute Gasteiger partial charge is 0.203 e. The van der Waals surface area contributed by atoms with E-state index in [1.54, 1.807) is 21.3 Å². The van der Waals surface area contributed by atoms with E-state index < -0.39 is 0 Å². The molecule has 142 valence electrons. The van der Waals surface area contributed by atoms with E-state index in [0.29, 0.717) is 41.2 Å². The molecule has 3 rings (SSSR count). The fourth-order valence-corrected chi connectivity index (χ4v) is 2.91. The molecular formula is C21H23NO5. The molecular weight excluding hydrogens is 346 g/mol. The van der Waals surface area contributed by atoms with Crippen molar-refractivity contribution in [3.8, 4) is 45.6 Å². The normalized spacial score (nSPS) is 10.6. The predicted molar refractivity (Wildman–Crippen MR) is 103 cm³/mol. The second-order valence-electron chi connectivity index (χ2n) is 5.78. The maximum Gasteiger partial charge on any atom is 0.203 e. The molecule has 6 heteroatoms. The third kappa shape index (κ3) is 3.69. The first-order chi connectivity index (χ1) is 13.1. The predicted octanol–water partition coefficient (Wildman–Crippen LogP) is 4.74. The molecule has 0 bridgehead atoms. The molecule has 0 atom stereocenters. The summed E-state index contributed by atoms with van der Waals surface area (Å²) < 4.78 is 27.7. The number of oxazole rings is 1. The number of hydrogen-bond acceptors (Lipinski definition) is 6. The minimum atomic E-state index is 0.534. The Balaban J connectivity index is 2.11. The number of hydrogen-bond donors (Lipinski definition) is 0. The summed E-state index contributed by atoms with van der Waals surface area (Å²) in [5.74, 6) is 3.71. The third-order valence-electron chi connectivity index (χ3n) is 4.10. The molecule has 0 aliphatic carbocycles. The van der Waals surface area contributed by atoms with Crippen molar-refractivity contribution >= 4 is 0 Å². The molecule has 0 aliphatic rings. The standard InChI is InChI=1S/C21H23NO5/c1-6-26-16-9-7-14(8-10-16)20-19(22-13(2)27-20)15-11-17(23-3)21(25-5)18(12-15)24-4/h7-12H,6H2,1-5H3. The molecule has 0 amide bonds. The lowest BCUT2D eigenvalue weighted by Gasteiger charge is -2.13. The van der Waals surface area contributed by atoms with Crippen LogP contribution in [0.15, 0.2) is 40.8 Å². The maximum absolute atomic E-state index is 5.89. The van der Waals surface area contributed by atoms with Crippen molar-refractivity contribution in [1.29, 1.82) is 0 Å². The summed E-state index contributed by atoms with van der Waals surface area (Å²) in [6.07, 6.45) is 0. The van der Waals surface area contributed by atoms with Crippen molar-refractivity contribution < 1.29 is 23.4 Å². The van der Waals surface area contributed by atoms with E-state index in [-0.39, 0.29) is 0 Å². The topological polar surface area (TPSA) is 63.0 Å². The zero-order valence-corrected chi connectivity index (χ0v) is 16.2. The minimum Gasteiger partial charge on any atom is -0.494 e. The molecule has 0 saturated carbocycles. The Morgan fingerprint density at radius 1 is 0.889 bits per heavy atom. The number of ether oxygens (including phenoxy) is 4. The van der Waals surface area contributed by atoms with Crippen LogP contribution in [0.4, 0.5) is 0 Å². The second kappa shape index (κ2) is 8.03. The molecule has 0 saturated heterocycles. The van der Waals surface area contributed by atoms with Crippen LogP contribution in [0.5, 0.6) is 23.0 Å². The molecule has 27 heavy (non-hydrogen) atoms. The monoisotopic (exact) mass is 369 g/mol. The van der Waals surface area contributed by atoms with Gasteiger partial charge in [-0.15, -0.1) is 0 Å². The highest BCUT2D eigenvalue weighted by molar-refractivity contribution is 5.79. The lowest BCUT2D eigenvalue weighted by molar-refractivity contribution is 0.324. The van der Waals surface area contributed by atoms with E-state index in [4.69, 9.17) is 23.4 Å². The zero-order chi connectivity index (χ0) is 19.4. The van der Waals surface area contributed by atoms with Gasteiger partial charge in [0.1, 0.15) is 11.4 Å². The summed E-state index contributed by atoms with van der Waals surface area (Å²) in [5, 5.41) is 0. The Morgan fingerprint density at radius 2 is 1.52 bits per heavy atom. The van der Waals surface area contributed by atoms with Gasteiger partial charge in [0, 0.05) is 18.1 Å². The fraction of sp³-hybridized carbons (Fsp3) is 0.286. The molecule has 1 heterocycles. The van der Waals surface area contributed by atoms with Crippen molar-refractivity contribution in [3.63, 3.8) is 0 Å². The van der Waals surface area contributed by atoms with Crippen LogP contribution in [0.3, 0.4) is 0 Å². The van der Waals surface area contributed by atoms with E-state index in [0.717, 1.165) is 16.9 Å². The van der Waals surface area contributed by atoms with Gasteiger partial charge >= 0.3 is 0 Å². The Kier molecular flexibility index (Phi) is 5.54. The van der Waals surface area contributed by atoms with Crippen molar-refractivity contribution in [1.82, 2.24) is 4.98 Å². The molecule has 0 aliphatic heterocycles. The Hall–Kier alpha value is -3.15. The van der Waals surface area contributed by atoms with Gasteiger partial charge in [-0.2, -0.15) is 0 Å². The number of benzene rings is 2. The summed E-state index contributed by atoms with van der Waals surface area (Å²) in [6.45, 7) is 4.40. The van der Waals surface area contributed by atoms with E-state index in [2.05, 4.69) is 4.98 Å². The first kappa shape index (κ1) is 18.6. The molecule has 3 aromatic rings. The van der Waals surface area contributed by atoms with Gasteiger partial charge in [-0.3, -0.25) is 0 Å². The lowest BCUT2D eigenvalue weighted by Crippen LogP contribution is -1.96. The van der Waals surface area contributed by atoms with E-state index in [1.807, 2.05) is 50.2 Å². The molecule has 1 aromatic heterocycles. The highest BCUT2D eigenvalue weighted by Crippen LogP contribution is 2.43. The van der Waals surface area contributed by atoms with Gasteiger partial charge in [0.25, 0.3) is 0 Å². The highest BCUT2D eigenvalue weighted by atomic mass is 16.5. The summed E-state index contributed by atoms with van der Waals surface area (Å²) >= 11 is 0. The molecule has 2 aromatic carbocycles. The summed E-state index contributed by atoms with van der Waals surface area (Å²) in [5.41, 5.74) is 2.42. The fourth-order valence-electron chi connectivity index (χ4n) is 2.91. The van der Waals surface area contributed by atoms with Gasteiger partial charge < -0.3 is 23.4 Å². The van der Waals surface area contributed by atoms with Crippen molar-refractivity contribution in [2.45, 2.75) is 13.8 Å². The van der Waals surface area contributed by atoms with Crippen molar-refractivity contribution in [2.24, 2.45) is 0 Å². The van der Waals surface area contributed by atoms with E-state index in [1.165, 1.54) is 0 Å². The van der Waals surface area contributed by atoms with Gasteiger partial charge in [-0.25, -0.2) is 4.98 Å². The van der Waals surface area contributed by atoms with Crippen molar-refractivity contribution in [3.05, 3.63) is 42.3 Å². The molecule has 0 radical (unpaired) electrons. The SMILES string of the molecule is CCOc1ccc(-c2oc(C)nc2-c2cc(OC)c(OC)c(OC)c2)cc1. The van der Waals surface area contributed by atoms with Crippen LogP contribution < -0.4 is 18.9 Å². The van der Waals surface area contributed by atoms with Crippen LogP contribution in [0.25, 0.3) is 22.6 Å². The summed E-state index contributed by atoms with van der Waals surface area (Å²) in [4.78, 5) is 4.57. The number of nitrogens with zero attached hydrogens (tertiary/aromatic N) is 1. The van der Waals surface area contributed by atoms with Crippen LogP contribution in [-0.4, -0.2) is 32.9 Å². The summed E-state index contributed by atoms with van der Waals surface area (Å²) in [6, 6.07) is 11.4. The number of rotatable bonds is 7. The van der Waals surface area contributed by atoms with Gasteiger partial charge in [-0.05, 0) is 43.3 Å². The largest absolute Gasteiger partial charge is 0.494 e. The lowest BCUT2D eigenvalue weighted by atomic mass is 10.0. The van der Waals surface area contributed by atoms with Crippen LogP contribution in [0.1, 0.15) is 12.8 Å². The van der Waals surface area contributed by atoms with Gasteiger partial charge in [0.05, 0.1) is 27.9 Å². The Morgan fingerprint density at radius 3 is 2.04 bits per heavy atom. The first-order valence-corrected chi connectivity index (χ1v) is 8.62. The zero-order valence-electron chi connectivity index (χ0n) is 16.2. The first-order valence-electron chi connectivity index (χ1n) is 8.62. The molecule has 6 nitrogen and oxygen atoms in total. The maximum atomic E-state index is 5.89. The minimum absolute atomic E-state index is 0.534. The second-order valence-corrected chi connectivity index (χ2v) is 5.78. The highest BCUT2D eigenvalue weighted by Gasteiger charge is 2.20. The average molecular weight is 369 g/mol. The molecule has 0 fully saturated rings. The van der Waals surface area contributed by atoms with Crippen LogP contribution in [0.2, 0.25) is 0 Å². The quantitative estimate of drug-likeness (QED) is 0.599. The Bertz CT molecular complexity index is 890. The molecule has 0 N–H and O–H groups in total. The summed E-state index contributed by atoms with van der Waals surface area (Å²) in [7, 11) is 4.75.